The van der Waals surface area contributed by atoms with Gasteiger partial charge in [0.25, 0.3) is 0 Å². The van der Waals surface area contributed by atoms with Crippen molar-refractivity contribution >= 4 is 93.3 Å². The van der Waals surface area contributed by atoms with E-state index in [2.05, 4.69) is 71.1 Å². The molecule has 5 nitrogen and oxygen atoms in total. The van der Waals surface area contributed by atoms with Gasteiger partial charge in [-0.2, -0.15) is 0 Å². The molecule has 0 aliphatic heterocycles. The van der Waals surface area contributed by atoms with Crippen molar-refractivity contribution in [1.82, 2.24) is 14.4 Å². The second-order valence-corrected chi connectivity index (χ2v) is 11.4. The van der Waals surface area contributed by atoms with Crippen molar-refractivity contribution < 1.29 is 8.83 Å². The van der Waals surface area contributed by atoms with Crippen molar-refractivity contribution in [2.24, 2.45) is 0 Å². The van der Waals surface area contributed by atoms with E-state index in [4.69, 9.17) is 18.8 Å². The molecule has 198 valence electrons. The van der Waals surface area contributed by atoms with E-state index in [0.717, 1.165) is 104 Å². The number of aromatic nitrogens is 3. The Hall–Kier alpha value is -5.94. The first kappa shape index (κ1) is 21.8. The van der Waals surface area contributed by atoms with Crippen molar-refractivity contribution in [3.8, 4) is 11.1 Å². The molecule has 5 aromatic heterocycles. The highest BCUT2D eigenvalue weighted by molar-refractivity contribution is 6.34. The normalized spacial score (nSPS) is 12.7. The predicted octanol–water partition coefficient (Wildman–Crippen LogP) is 10.2. The first-order valence-corrected chi connectivity index (χ1v) is 14.4. The molecule has 0 radical (unpaired) electrons. The van der Waals surface area contributed by atoms with Crippen LogP contribution in [0.4, 0.5) is 0 Å². The molecular formula is C38H19N3O2. The summed E-state index contributed by atoms with van der Waals surface area (Å²) in [5, 5.41) is 7.84. The molecule has 5 heteroatoms. The minimum absolute atomic E-state index is 0.857. The minimum atomic E-state index is 0.857. The number of fused-ring (bicyclic) bond motifs is 14. The maximum atomic E-state index is 6.48. The fourth-order valence-corrected chi connectivity index (χ4v) is 7.29. The van der Waals surface area contributed by atoms with Gasteiger partial charge < -0.3 is 8.83 Å². The van der Waals surface area contributed by atoms with E-state index in [1.165, 1.54) is 0 Å². The van der Waals surface area contributed by atoms with Gasteiger partial charge in [0.1, 0.15) is 27.8 Å². The van der Waals surface area contributed by atoms with Gasteiger partial charge in [0.15, 0.2) is 5.65 Å². The van der Waals surface area contributed by atoms with Crippen molar-refractivity contribution in [2.75, 3.05) is 0 Å². The fraction of sp³-hybridized carbons (Fsp3) is 0. The van der Waals surface area contributed by atoms with Crippen LogP contribution >= 0.6 is 0 Å². The SMILES string of the molecule is c1ccc2nc3c(nc2c1)c1cc2oc4ccccc4c2c2c4cc(-c5cccc6c5oc5ccccc56)ccc4n3c12. The fourth-order valence-electron chi connectivity index (χ4n) is 7.29. The third-order valence-corrected chi connectivity index (χ3v) is 9.10. The molecule has 11 rings (SSSR count). The zero-order chi connectivity index (χ0) is 27.8. The van der Waals surface area contributed by atoms with E-state index in [1.54, 1.807) is 0 Å². The molecule has 0 bridgehead atoms. The summed E-state index contributed by atoms with van der Waals surface area (Å²) < 4.78 is 15.2. The van der Waals surface area contributed by atoms with Gasteiger partial charge >= 0.3 is 0 Å². The van der Waals surface area contributed by atoms with Crippen LogP contribution in [0.2, 0.25) is 0 Å². The Balaban J connectivity index is 1.34. The van der Waals surface area contributed by atoms with Gasteiger partial charge in [-0.05, 0) is 48.0 Å². The third-order valence-electron chi connectivity index (χ3n) is 9.10. The Morgan fingerprint density at radius 2 is 1.26 bits per heavy atom. The van der Waals surface area contributed by atoms with Crippen LogP contribution in [0.3, 0.4) is 0 Å². The summed E-state index contributed by atoms with van der Waals surface area (Å²) >= 11 is 0. The van der Waals surface area contributed by atoms with E-state index in [-0.39, 0.29) is 0 Å². The number of para-hydroxylation sites is 5. The molecular weight excluding hydrogens is 530 g/mol. The van der Waals surface area contributed by atoms with Crippen molar-refractivity contribution in [2.45, 2.75) is 0 Å². The molecule has 0 spiro atoms. The first-order chi connectivity index (χ1) is 21.3. The number of benzene rings is 6. The molecule has 43 heavy (non-hydrogen) atoms. The zero-order valence-corrected chi connectivity index (χ0v) is 22.6. The maximum Gasteiger partial charge on any atom is 0.165 e. The van der Waals surface area contributed by atoms with Gasteiger partial charge in [0.05, 0.1) is 22.1 Å². The first-order valence-electron chi connectivity index (χ1n) is 14.4. The number of hydrogen-bond acceptors (Lipinski definition) is 4. The molecule has 6 aromatic carbocycles. The van der Waals surface area contributed by atoms with E-state index in [9.17, 15) is 0 Å². The molecule has 0 amide bonds. The molecule has 0 N–H and O–H groups in total. The smallest absolute Gasteiger partial charge is 0.165 e. The van der Waals surface area contributed by atoms with Crippen molar-refractivity contribution in [1.29, 1.82) is 0 Å². The largest absolute Gasteiger partial charge is 0.456 e. The lowest BCUT2D eigenvalue weighted by Crippen LogP contribution is -1.89. The van der Waals surface area contributed by atoms with Gasteiger partial charge in [-0.1, -0.05) is 72.8 Å². The number of nitrogens with zero attached hydrogens (tertiary/aromatic N) is 3. The summed E-state index contributed by atoms with van der Waals surface area (Å²) in [6, 6.07) is 39.9. The minimum Gasteiger partial charge on any atom is -0.456 e. The van der Waals surface area contributed by atoms with Crippen LogP contribution < -0.4 is 0 Å². The maximum absolute atomic E-state index is 6.48. The van der Waals surface area contributed by atoms with Crippen LogP contribution in [-0.2, 0) is 0 Å². The van der Waals surface area contributed by atoms with Crippen LogP contribution in [0.15, 0.2) is 124 Å². The summed E-state index contributed by atoms with van der Waals surface area (Å²) in [5.41, 5.74) is 11.4. The number of furan rings is 2. The molecule has 0 saturated carbocycles. The van der Waals surface area contributed by atoms with Crippen LogP contribution in [0.25, 0.3) is 104 Å². The lowest BCUT2D eigenvalue weighted by Gasteiger charge is -2.05. The Kier molecular flexibility index (Phi) is 3.78. The highest BCUT2D eigenvalue weighted by atomic mass is 16.3. The van der Waals surface area contributed by atoms with Crippen LogP contribution in [0.5, 0.6) is 0 Å². The summed E-state index contributed by atoms with van der Waals surface area (Å²) in [7, 11) is 0. The Bertz CT molecular complexity index is 2960. The number of rotatable bonds is 1. The second-order valence-electron chi connectivity index (χ2n) is 11.4. The average molecular weight is 550 g/mol. The average Bonchev–Trinajstić information content (AvgIpc) is 3.79. The lowest BCUT2D eigenvalue weighted by atomic mass is 9.98. The summed E-state index contributed by atoms with van der Waals surface area (Å²) in [6.45, 7) is 0. The highest BCUT2D eigenvalue weighted by Gasteiger charge is 2.25. The second kappa shape index (κ2) is 7.46. The van der Waals surface area contributed by atoms with E-state index in [0.29, 0.717) is 0 Å². The molecule has 5 heterocycles. The monoisotopic (exact) mass is 549 g/mol. The zero-order valence-electron chi connectivity index (χ0n) is 22.6. The third kappa shape index (κ3) is 2.63. The molecule has 0 atom stereocenters. The molecule has 11 aromatic rings. The van der Waals surface area contributed by atoms with Crippen LogP contribution in [0.1, 0.15) is 0 Å². The Labute approximate surface area is 242 Å². The predicted molar refractivity (Wildman–Crippen MR) is 174 cm³/mol. The lowest BCUT2D eigenvalue weighted by molar-refractivity contribution is 0.669. The number of hydrogen-bond donors (Lipinski definition) is 0. The molecule has 0 unspecified atom stereocenters. The van der Waals surface area contributed by atoms with Gasteiger partial charge in [0, 0.05) is 43.3 Å². The van der Waals surface area contributed by atoms with Gasteiger partial charge in [0.2, 0.25) is 0 Å². The van der Waals surface area contributed by atoms with E-state index >= 15 is 0 Å². The van der Waals surface area contributed by atoms with Crippen LogP contribution in [-0.4, -0.2) is 14.4 Å². The van der Waals surface area contributed by atoms with Crippen molar-refractivity contribution in [3.05, 3.63) is 115 Å². The molecule has 0 fully saturated rings. The Morgan fingerprint density at radius 1 is 0.512 bits per heavy atom. The van der Waals surface area contributed by atoms with E-state index in [1.807, 2.05) is 48.5 Å². The van der Waals surface area contributed by atoms with Gasteiger partial charge in [-0.25, -0.2) is 9.97 Å². The molecule has 0 saturated heterocycles. The van der Waals surface area contributed by atoms with Gasteiger partial charge in [-0.3, -0.25) is 4.40 Å². The van der Waals surface area contributed by atoms with E-state index < -0.39 is 0 Å². The summed E-state index contributed by atoms with van der Waals surface area (Å²) in [4.78, 5) is 10.3. The van der Waals surface area contributed by atoms with Gasteiger partial charge in [-0.15, -0.1) is 0 Å². The standard InChI is InChI=1S/C38H19N3O2/c1-5-14-30-22(8-1)23-11-7-10-21(37(23)43-30)20-16-17-29-25(18-20)34-33-24-9-2-6-15-31(24)42-32(33)19-26-35-38(41(29)36(26)34)40-28-13-4-3-12-27(28)39-35/h1-19H. The molecule has 0 aliphatic rings. The van der Waals surface area contributed by atoms with Crippen LogP contribution in [0, 0.1) is 0 Å². The topological polar surface area (TPSA) is 56.5 Å². The Morgan fingerprint density at radius 3 is 2.14 bits per heavy atom. The quantitative estimate of drug-likeness (QED) is 0.204. The summed E-state index contributed by atoms with van der Waals surface area (Å²) in [5.74, 6) is 0. The molecule has 0 aliphatic carbocycles. The summed E-state index contributed by atoms with van der Waals surface area (Å²) in [6.07, 6.45) is 0. The highest BCUT2D eigenvalue weighted by Crippen LogP contribution is 2.46. The van der Waals surface area contributed by atoms with Crippen molar-refractivity contribution in [3.63, 3.8) is 0 Å².